The van der Waals surface area contributed by atoms with Crippen LogP contribution >= 0.6 is 0 Å². The van der Waals surface area contributed by atoms with Crippen LogP contribution in [0, 0.1) is 11.8 Å². The van der Waals surface area contributed by atoms with Crippen LogP contribution in [0.4, 0.5) is 0 Å². The molecule has 0 amide bonds. The molecule has 2 rings (SSSR count). The predicted molar refractivity (Wildman–Crippen MR) is 80.9 cm³/mol. The van der Waals surface area contributed by atoms with E-state index in [1.807, 2.05) is 12.3 Å². The molecule has 0 spiro atoms. The fraction of sp³-hybridized carbons (Fsp3) is 0.588. The fourth-order valence-electron chi connectivity index (χ4n) is 3.02. The van der Waals surface area contributed by atoms with E-state index in [9.17, 15) is 0 Å². The second-order valence-electron chi connectivity index (χ2n) is 5.98. The summed E-state index contributed by atoms with van der Waals surface area (Å²) in [5.74, 6) is 1.49. The highest BCUT2D eigenvalue weighted by Crippen LogP contribution is 2.32. The zero-order valence-electron chi connectivity index (χ0n) is 12.6. The van der Waals surface area contributed by atoms with E-state index in [0.29, 0.717) is 12.0 Å². The Kier molecular flexibility index (Phi) is 4.76. The molecule has 1 aromatic rings. The largest absolute Gasteiger partial charge is 0.297 e. The second-order valence-corrected chi connectivity index (χ2v) is 5.98. The Bertz CT molecular complexity index is 424. The van der Waals surface area contributed by atoms with Gasteiger partial charge in [0.2, 0.25) is 0 Å². The molecule has 1 aromatic heterocycles. The van der Waals surface area contributed by atoms with Crippen molar-refractivity contribution in [3.8, 4) is 0 Å². The zero-order valence-corrected chi connectivity index (χ0v) is 12.6. The van der Waals surface area contributed by atoms with Crippen LogP contribution in [0.3, 0.4) is 0 Å². The maximum Gasteiger partial charge on any atom is 0.0572 e. The molecule has 0 N–H and O–H groups in total. The van der Waals surface area contributed by atoms with Gasteiger partial charge in [0.25, 0.3) is 0 Å². The van der Waals surface area contributed by atoms with E-state index in [1.54, 1.807) is 5.57 Å². The minimum absolute atomic E-state index is 0.378. The highest BCUT2D eigenvalue weighted by atomic mass is 15.1. The smallest absolute Gasteiger partial charge is 0.0572 e. The van der Waals surface area contributed by atoms with Crippen molar-refractivity contribution in [2.45, 2.75) is 39.7 Å². The molecule has 0 aliphatic heterocycles. The molecule has 19 heavy (non-hydrogen) atoms. The van der Waals surface area contributed by atoms with Gasteiger partial charge < -0.3 is 0 Å². The lowest BCUT2D eigenvalue weighted by molar-refractivity contribution is 0.194. The van der Waals surface area contributed by atoms with E-state index in [4.69, 9.17) is 0 Å². The molecule has 104 valence electrons. The quantitative estimate of drug-likeness (QED) is 0.757. The van der Waals surface area contributed by atoms with Crippen LogP contribution in [-0.2, 0) is 0 Å². The molecule has 1 aliphatic rings. The Labute approximate surface area is 117 Å². The molecule has 0 bridgehead atoms. The molecule has 0 saturated heterocycles. The number of hydrogen-bond donors (Lipinski definition) is 0. The van der Waals surface area contributed by atoms with Gasteiger partial charge in [-0.2, -0.15) is 0 Å². The van der Waals surface area contributed by atoms with Crippen molar-refractivity contribution in [2.75, 3.05) is 13.6 Å². The molecular formula is C17H26N2. The minimum Gasteiger partial charge on any atom is -0.297 e. The summed E-state index contributed by atoms with van der Waals surface area (Å²) in [6, 6.07) is 6.55. The molecule has 0 saturated carbocycles. The maximum atomic E-state index is 4.47. The summed E-state index contributed by atoms with van der Waals surface area (Å²) >= 11 is 0. The minimum atomic E-state index is 0.378. The lowest BCUT2D eigenvalue weighted by Crippen LogP contribution is -2.33. The van der Waals surface area contributed by atoms with Gasteiger partial charge in [-0.15, -0.1) is 0 Å². The average molecular weight is 258 g/mol. The summed E-state index contributed by atoms with van der Waals surface area (Å²) in [5, 5.41) is 0. The van der Waals surface area contributed by atoms with Gasteiger partial charge in [0.15, 0.2) is 0 Å². The van der Waals surface area contributed by atoms with Crippen LogP contribution in [0.1, 0.15) is 45.3 Å². The van der Waals surface area contributed by atoms with Gasteiger partial charge in [-0.3, -0.25) is 9.88 Å². The van der Waals surface area contributed by atoms with Gasteiger partial charge in [-0.05, 0) is 57.7 Å². The van der Waals surface area contributed by atoms with Crippen molar-refractivity contribution in [1.29, 1.82) is 0 Å². The number of aromatic nitrogens is 1. The van der Waals surface area contributed by atoms with Crippen molar-refractivity contribution in [3.63, 3.8) is 0 Å². The third-order valence-corrected chi connectivity index (χ3v) is 4.62. The zero-order chi connectivity index (χ0) is 13.8. The number of rotatable bonds is 4. The highest BCUT2D eigenvalue weighted by Gasteiger charge is 2.25. The van der Waals surface area contributed by atoms with Crippen LogP contribution in [0.15, 0.2) is 36.0 Å². The summed E-state index contributed by atoms with van der Waals surface area (Å²) < 4.78 is 0. The van der Waals surface area contributed by atoms with Crippen molar-refractivity contribution < 1.29 is 0 Å². The molecule has 0 aromatic carbocycles. The van der Waals surface area contributed by atoms with Crippen LogP contribution in [-0.4, -0.2) is 23.5 Å². The molecule has 1 heterocycles. The van der Waals surface area contributed by atoms with Crippen LogP contribution in [0.5, 0.6) is 0 Å². The number of hydrogen-bond acceptors (Lipinski definition) is 2. The molecule has 2 heteroatoms. The Balaban J connectivity index is 2.02. The first-order valence-corrected chi connectivity index (χ1v) is 7.37. The topological polar surface area (TPSA) is 16.1 Å². The standard InChI is InChI=1S/C17H26N2/c1-13-8-7-9-14(2)16(13)12-19(4)15(3)17-10-5-6-11-18-17/h5-6,8,10-11,14-16H,7,9,12H2,1-4H3/t14-,15+,16+/m0/s1. The molecule has 2 nitrogen and oxygen atoms in total. The van der Waals surface area contributed by atoms with Gasteiger partial charge in [-0.1, -0.05) is 24.6 Å². The summed E-state index contributed by atoms with van der Waals surface area (Å²) in [7, 11) is 2.22. The Morgan fingerprint density at radius 2 is 2.21 bits per heavy atom. The molecule has 1 aliphatic carbocycles. The van der Waals surface area contributed by atoms with Crippen molar-refractivity contribution >= 4 is 0 Å². The SMILES string of the molecule is CC1=CCC[C@H](C)[C@@H]1CN(C)[C@H](C)c1ccccn1. The molecule has 3 atom stereocenters. The number of pyridine rings is 1. The van der Waals surface area contributed by atoms with Gasteiger partial charge in [0.05, 0.1) is 5.69 Å². The Morgan fingerprint density at radius 3 is 2.84 bits per heavy atom. The van der Waals surface area contributed by atoms with Gasteiger partial charge >= 0.3 is 0 Å². The monoisotopic (exact) mass is 258 g/mol. The van der Waals surface area contributed by atoms with Gasteiger partial charge in [0, 0.05) is 18.8 Å². The normalized spacial score (nSPS) is 25.2. The first-order valence-electron chi connectivity index (χ1n) is 7.37. The Hall–Kier alpha value is -1.15. The summed E-state index contributed by atoms with van der Waals surface area (Å²) in [6.45, 7) is 8.05. The molecule has 0 unspecified atom stereocenters. The third-order valence-electron chi connectivity index (χ3n) is 4.62. The first-order chi connectivity index (χ1) is 9.09. The van der Waals surface area contributed by atoms with E-state index < -0.39 is 0 Å². The highest BCUT2D eigenvalue weighted by molar-refractivity contribution is 5.11. The maximum absolute atomic E-state index is 4.47. The molecule has 0 fully saturated rings. The predicted octanol–water partition coefficient (Wildman–Crippen LogP) is 4.07. The van der Waals surface area contributed by atoms with Crippen LogP contribution in [0.2, 0.25) is 0 Å². The van der Waals surface area contributed by atoms with Gasteiger partial charge in [0.1, 0.15) is 0 Å². The second kappa shape index (κ2) is 6.33. The number of allylic oxidation sites excluding steroid dienone is 1. The van der Waals surface area contributed by atoms with Crippen LogP contribution in [0.25, 0.3) is 0 Å². The number of nitrogens with zero attached hydrogens (tertiary/aromatic N) is 2. The van der Waals surface area contributed by atoms with Gasteiger partial charge in [-0.25, -0.2) is 0 Å². The summed E-state index contributed by atoms with van der Waals surface area (Å²) in [6.07, 6.45) is 6.88. The average Bonchev–Trinajstić information content (AvgIpc) is 2.43. The van der Waals surface area contributed by atoms with Crippen molar-refractivity contribution in [1.82, 2.24) is 9.88 Å². The molecule has 0 radical (unpaired) electrons. The fourth-order valence-corrected chi connectivity index (χ4v) is 3.02. The molecular weight excluding hydrogens is 232 g/mol. The van der Waals surface area contributed by atoms with Crippen LogP contribution < -0.4 is 0 Å². The van der Waals surface area contributed by atoms with E-state index in [0.717, 1.165) is 18.2 Å². The van der Waals surface area contributed by atoms with E-state index in [1.165, 1.54) is 12.8 Å². The Morgan fingerprint density at radius 1 is 1.42 bits per heavy atom. The first kappa shape index (κ1) is 14.3. The summed E-state index contributed by atoms with van der Waals surface area (Å²) in [5.41, 5.74) is 2.73. The third kappa shape index (κ3) is 3.44. The summed E-state index contributed by atoms with van der Waals surface area (Å²) in [4.78, 5) is 6.91. The lowest BCUT2D eigenvalue weighted by Gasteiger charge is -2.34. The van der Waals surface area contributed by atoms with E-state index in [2.05, 4.69) is 55.9 Å². The lowest BCUT2D eigenvalue weighted by atomic mass is 9.79. The van der Waals surface area contributed by atoms with E-state index >= 15 is 0 Å². The van der Waals surface area contributed by atoms with Crippen molar-refractivity contribution in [2.24, 2.45) is 11.8 Å². The van der Waals surface area contributed by atoms with E-state index in [-0.39, 0.29) is 0 Å². The van der Waals surface area contributed by atoms with Crippen molar-refractivity contribution in [3.05, 3.63) is 41.7 Å².